The Balaban J connectivity index is 0.000000393. The number of aryl methyl sites for hydroxylation is 1. The number of likely N-dealkylation sites (N-methyl/N-ethyl adjacent to an activating group) is 1. The molecule has 3 aliphatic heterocycles. The number of carbonyl (C=O) groups is 5. The van der Waals surface area contributed by atoms with Gasteiger partial charge in [-0.2, -0.15) is 4.37 Å². The van der Waals surface area contributed by atoms with E-state index in [0.717, 1.165) is 77.6 Å². The molecule has 18 heteroatoms. The van der Waals surface area contributed by atoms with Gasteiger partial charge < -0.3 is 29.1 Å². The molecule has 3 fully saturated rings. The average molecular weight is 1010 g/mol. The molecule has 3 saturated heterocycles. The lowest BCUT2D eigenvalue weighted by Gasteiger charge is -2.33. The maximum atomic E-state index is 13.9. The first-order valence-corrected chi connectivity index (χ1v) is 26.3. The van der Waals surface area contributed by atoms with Crippen LogP contribution in [0.1, 0.15) is 102 Å². The lowest BCUT2D eigenvalue weighted by atomic mass is 9.84. The number of carbonyl (C=O) groups excluding carboxylic acids is 5. The second-order valence-electron chi connectivity index (χ2n) is 20.5. The van der Waals surface area contributed by atoms with Crippen LogP contribution in [0.15, 0.2) is 36.5 Å². The number of nitrogens with one attached hydrogen (secondary N) is 2. The third-order valence-corrected chi connectivity index (χ3v) is 14.5. The van der Waals surface area contributed by atoms with Gasteiger partial charge in [-0.15, -0.1) is 0 Å². The van der Waals surface area contributed by atoms with E-state index in [-0.39, 0.29) is 54.1 Å². The predicted octanol–water partition coefficient (Wildman–Crippen LogP) is 5.95. The van der Waals surface area contributed by atoms with E-state index < -0.39 is 12.1 Å². The highest BCUT2D eigenvalue weighted by atomic mass is 32.1. The Kier molecular flexibility index (Phi) is 20.4. The minimum absolute atomic E-state index is 0.0119. The Morgan fingerprint density at radius 1 is 1.04 bits per heavy atom. The first kappa shape index (κ1) is 55.7. The van der Waals surface area contributed by atoms with Gasteiger partial charge in [-0.3, -0.25) is 39.0 Å². The second-order valence-corrected chi connectivity index (χ2v) is 21.3. The molecule has 390 valence electrons. The van der Waals surface area contributed by atoms with Crippen molar-refractivity contribution in [2.45, 2.75) is 118 Å². The summed E-state index contributed by atoms with van der Waals surface area (Å²) >= 11 is 1.24. The summed E-state index contributed by atoms with van der Waals surface area (Å²) in [6, 6.07) is 9.10. The van der Waals surface area contributed by atoms with E-state index in [9.17, 15) is 24.0 Å². The molecule has 3 aromatic heterocycles. The third-order valence-electron chi connectivity index (χ3n) is 13.7. The summed E-state index contributed by atoms with van der Waals surface area (Å²) < 4.78 is 18.1. The second kappa shape index (κ2) is 26.4. The number of fused-ring (bicyclic) bond motifs is 1. The van der Waals surface area contributed by atoms with Crippen LogP contribution in [-0.2, 0) is 52.8 Å². The first-order valence-electron chi connectivity index (χ1n) is 25.6. The molecule has 7 rings (SSSR count). The fourth-order valence-corrected chi connectivity index (χ4v) is 10.7. The highest BCUT2D eigenvalue weighted by Crippen LogP contribution is 2.41. The molecule has 1 aromatic carbocycles. The summed E-state index contributed by atoms with van der Waals surface area (Å²) in [7, 11) is 5.43. The van der Waals surface area contributed by atoms with Gasteiger partial charge in [0.25, 0.3) is 18.3 Å². The number of aromatic nitrogens is 4. The van der Waals surface area contributed by atoms with Gasteiger partial charge in [-0.25, -0.2) is 10.4 Å². The minimum atomic E-state index is -0.806. The van der Waals surface area contributed by atoms with Gasteiger partial charge in [0.15, 0.2) is 5.82 Å². The van der Waals surface area contributed by atoms with E-state index in [1.807, 2.05) is 51.9 Å². The van der Waals surface area contributed by atoms with Gasteiger partial charge in [0, 0.05) is 85.8 Å². The van der Waals surface area contributed by atoms with Crippen LogP contribution in [0.3, 0.4) is 0 Å². The number of hydrazine groups is 1. The third kappa shape index (κ3) is 14.3. The summed E-state index contributed by atoms with van der Waals surface area (Å²) in [5.74, 6) is 5.77. The Morgan fingerprint density at radius 3 is 2.46 bits per heavy atom. The average Bonchev–Trinajstić information content (AvgIpc) is 4.14. The molecule has 4 atom stereocenters. The van der Waals surface area contributed by atoms with Crippen LogP contribution in [-0.4, -0.2) is 155 Å². The molecule has 72 heavy (non-hydrogen) atoms. The zero-order chi connectivity index (χ0) is 52.0. The zero-order valence-electron chi connectivity index (χ0n) is 43.9. The van der Waals surface area contributed by atoms with E-state index in [1.165, 1.54) is 30.8 Å². The van der Waals surface area contributed by atoms with Crippen LogP contribution in [0.5, 0.6) is 0 Å². The molecule has 0 bridgehead atoms. The number of hydrogen-bond acceptors (Lipinski definition) is 14. The number of rotatable bonds is 19. The molecule has 6 heterocycles. The van der Waals surface area contributed by atoms with Crippen molar-refractivity contribution in [1.82, 2.24) is 49.4 Å². The van der Waals surface area contributed by atoms with Crippen LogP contribution in [0.4, 0.5) is 0 Å². The van der Waals surface area contributed by atoms with E-state index in [4.69, 9.17) is 23.8 Å². The van der Waals surface area contributed by atoms with Crippen molar-refractivity contribution in [2.24, 2.45) is 17.3 Å². The molecule has 4 aromatic rings. The fraction of sp³-hybridized carbons (Fsp3) is 0.593. The van der Waals surface area contributed by atoms with Crippen molar-refractivity contribution in [3.8, 4) is 34.5 Å². The number of pyridine rings is 1. The summed E-state index contributed by atoms with van der Waals surface area (Å²) in [6.45, 7) is 19.2. The maximum Gasteiger partial charge on any atom is 0.298 e. The molecule has 17 nitrogen and oxygen atoms in total. The number of piperidine rings is 1. The largest absolute Gasteiger partial charge is 0.467 e. The molecule has 0 radical (unpaired) electrons. The molecular weight excluding hydrogens is 933 g/mol. The van der Waals surface area contributed by atoms with Gasteiger partial charge in [0.2, 0.25) is 5.91 Å². The van der Waals surface area contributed by atoms with Crippen molar-refractivity contribution in [2.75, 3.05) is 73.6 Å². The first-order chi connectivity index (χ1) is 34.6. The SMILES string of the molecule is CCn1c(-c2cccnc2C(C)OC)c(CC(C)(C)COC=O)c2cc(-c3nsc(CC(NC(=O)C(C(C)C)N(C)C)C(=O)N4CCCCN4)n3)ccc21.O=CC1CCN(C(=O)C#CCN2CCCCC2)C1. The van der Waals surface area contributed by atoms with E-state index in [0.29, 0.717) is 63.0 Å². The molecule has 4 unspecified atom stereocenters. The maximum absolute atomic E-state index is 13.9. The van der Waals surface area contributed by atoms with Gasteiger partial charge in [0.1, 0.15) is 17.3 Å². The van der Waals surface area contributed by atoms with Crippen molar-refractivity contribution < 1.29 is 33.4 Å². The topological polar surface area (TPSA) is 184 Å². The Bertz CT molecular complexity index is 2530. The smallest absolute Gasteiger partial charge is 0.298 e. The molecule has 2 N–H and O–H groups in total. The Hall–Kier alpha value is -5.58. The monoisotopic (exact) mass is 1010 g/mol. The lowest BCUT2D eigenvalue weighted by Crippen LogP contribution is -2.58. The summed E-state index contributed by atoms with van der Waals surface area (Å²) in [6.07, 6.45) is 9.79. The van der Waals surface area contributed by atoms with Crippen LogP contribution in [0.2, 0.25) is 0 Å². The lowest BCUT2D eigenvalue weighted by molar-refractivity contribution is -0.141. The fourth-order valence-electron chi connectivity index (χ4n) is 10.0. The number of benzene rings is 1. The van der Waals surface area contributed by atoms with Crippen LogP contribution in [0, 0.1) is 29.1 Å². The molecule has 0 saturated carbocycles. The summed E-state index contributed by atoms with van der Waals surface area (Å²) in [5, 5.41) is 6.39. The van der Waals surface area contributed by atoms with E-state index in [2.05, 4.69) is 71.0 Å². The normalized spacial score (nSPS) is 17.7. The predicted molar refractivity (Wildman–Crippen MR) is 280 cm³/mol. The van der Waals surface area contributed by atoms with Gasteiger partial charge in [-0.05, 0) is 139 Å². The number of likely N-dealkylation sites (tertiary alicyclic amines) is 2. The van der Waals surface area contributed by atoms with Crippen molar-refractivity contribution in [3.63, 3.8) is 0 Å². The minimum Gasteiger partial charge on any atom is -0.467 e. The van der Waals surface area contributed by atoms with Crippen molar-refractivity contribution >= 4 is 52.9 Å². The molecule has 3 amide bonds. The van der Waals surface area contributed by atoms with Crippen LogP contribution in [0.25, 0.3) is 33.5 Å². The Morgan fingerprint density at radius 2 is 1.81 bits per heavy atom. The Labute approximate surface area is 429 Å². The van der Waals surface area contributed by atoms with Crippen molar-refractivity contribution in [3.05, 3.63) is 52.8 Å². The number of methoxy groups -OCH3 is 1. The number of nitrogens with zero attached hydrogens (tertiary/aromatic N) is 8. The summed E-state index contributed by atoms with van der Waals surface area (Å²) in [5.41, 5.74) is 8.68. The zero-order valence-corrected chi connectivity index (χ0v) is 44.7. The number of hydrogen-bond donors (Lipinski definition) is 2. The van der Waals surface area contributed by atoms with E-state index in [1.54, 1.807) is 23.2 Å². The van der Waals surface area contributed by atoms with Gasteiger partial charge >= 0.3 is 0 Å². The number of aldehydes is 1. The van der Waals surface area contributed by atoms with Gasteiger partial charge in [-0.1, -0.05) is 40.0 Å². The molecule has 3 aliphatic rings. The van der Waals surface area contributed by atoms with Crippen molar-refractivity contribution in [1.29, 1.82) is 0 Å². The van der Waals surface area contributed by atoms with Crippen LogP contribution < -0.4 is 10.7 Å². The molecular formula is C54H76N10O7S. The summed E-state index contributed by atoms with van der Waals surface area (Å²) in [4.78, 5) is 76.6. The van der Waals surface area contributed by atoms with Gasteiger partial charge in [0.05, 0.1) is 36.7 Å². The van der Waals surface area contributed by atoms with E-state index >= 15 is 0 Å². The standard InChI is InChI=1S/C40H56N8O5S.C14H20N2O2/c1-10-47-32-16-15-27(20-29(32)30(22-40(5,6)23-53-24-49)36(47)28-14-13-17-41-34(28)26(4)52-9)37-44-33(54-45-37)21-31(39(51)48-19-12-11-18-42-48)43-38(50)35(25(2)3)46(7)8;17-12-13-6-10-16(11-13)14(18)5-4-9-15-7-2-1-3-8-15/h13-17,20,24-26,31,35,42H,10-12,18-19,21-23H2,1-9H3,(H,43,50);12-13H,1-3,6-11H2. The highest BCUT2D eigenvalue weighted by molar-refractivity contribution is 7.05. The quantitative estimate of drug-likeness (QED) is 0.0831. The highest BCUT2D eigenvalue weighted by Gasteiger charge is 2.34. The van der Waals surface area contributed by atoms with Crippen LogP contribution >= 0.6 is 11.5 Å². The number of ether oxygens (including phenoxy) is 2. The molecule has 0 aliphatic carbocycles. The molecule has 0 spiro atoms. The number of amides is 3.